The molecule has 7 heteroatoms. The van der Waals surface area contributed by atoms with Gasteiger partial charge in [0.2, 0.25) is 0 Å². The van der Waals surface area contributed by atoms with Crippen LogP contribution in [-0.4, -0.2) is 59.9 Å². The van der Waals surface area contributed by atoms with Crippen molar-refractivity contribution in [3.63, 3.8) is 0 Å². The topological polar surface area (TPSA) is 62.6 Å². The SMILES string of the molecule is CCNCc1ccc(C(=O)N2CCN(c3cnn(Cc4cccc(OCC)c4)c3)CC2)cc1. The number of aromatic nitrogens is 2. The Balaban J connectivity index is 1.30. The van der Waals surface area contributed by atoms with E-state index in [1.54, 1.807) is 0 Å². The molecular weight excluding hydrogens is 414 g/mol. The molecule has 0 aliphatic carbocycles. The first-order valence-corrected chi connectivity index (χ1v) is 11.7. The maximum Gasteiger partial charge on any atom is 0.253 e. The van der Waals surface area contributed by atoms with Crippen molar-refractivity contribution in [2.75, 3.05) is 44.2 Å². The first-order chi connectivity index (χ1) is 16.2. The Morgan fingerprint density at radius 2 is 1.82 bits per heavy atom. The number of amides is 1. The Morgan fingerprint density at radius 3 is 2.55 bits per heavy atom. The highest BCUT2D eigenvalue weighted by Gasteiger charge is 2.23. The zero-order valence-electron chi connectivity index (χ0n) is 19.5. The zero-order chi connectivity index (χ0) is 23.0. The zero-order valence-corrected chi connectivity index (χ0v) is 19.5. The van der Waals surface area contributed by atoms with Crippen molar-refractivity contribution in [3.05, 3.63) is 77.6 Å². The van der Waals surface area contributed by atoms with Crippen molar-refractivity contribution in [2.24, 2.45) is 0 Å². The average molecular weight is 448 g/mol. The Labute approximate surface area is 196 Å². The molecule has 2 aromatic carbocycles. The molecule has 4 rings (SSSR count). The smallest absolute Gasteiger partial charge is 0.253 e. The van der Waals surface area contributed by atoms with Crippen molar-refractivity contribution >= 4 is 11.6 Å². The fourth-order valence-corrected chi connectivity index (χ4v) is 4.07. The second kappa shape index (κ2) is 11.0. The molecule has 1 aromatic heterocycles. The van der Waals surface area contributed by atoms with Crippen LogP contribution < -0.4 is 15.0 Å². The first-order valence-electron chi connectivity index (χ1n) is 11.7. The number of rotatable bonds is 9. The van der Waals surface area contributed by atoms with Gasteiger partial charge in [-0.1, -0.05) is 31.2 Å². The number of piperazine rings is 1. The minimum atomic E-state index is 0.106. The summed E-state index contributed by atoms with van der Waals surface area (Å²) in [5, 5.41) is 7.85. The van der Waals surface area contributed by atoms with E-state index >= 15 is 0 Å². The van der Waals surface area contributed by atoms with Gasteiger partial charge in [0.15, 0.2) is 0 Å². The molecule has 0 unspecified atom stereocenters. The molecule has 3 aromatic rings. The van der Waals surface area contributed by atoms with Crippen LogP contribution in [0.3, 0.4) is 0 Å². The van der Waals surface area contributed by atoms with Crippen LogP contribution in [0.1, 0.15) is 35.3 Å². The van der Waals surface area contributed by atoms with Gasteiger partial charge in [-0.05, 0) is 48.9 Å². The fourth-order valence-electron chi connectivity index (χ4n) is 4.07. The fraction of sp³-hybridized carbons (Fsp3) is 0.385. The van der Waals surface area contributed by atoms with Crippen LogP contribution in [-0.2, 0) is 13.1 Å². The molecule has 1 fully saturated rings. The summed E-state index contributed by atoms with van der Waals surface area (Å²) in [4.78, 5) is 17.2. The van der Waals surface area contributed by atoms with E-state index in [4.69, 9.17) is 4.74 Å². The molecule has 1 saturated heterocycles. The lowest BCUT2D eigenvalue weighted by Crippen LogP contribution is -2.48. The lowest BCUT2D eigenvalue weighted by Gasteiger charge is -2.35. The summed E-state index contributed by atoms with van der Waals surface area (Å²) in [6.07, 6.45) is 3.99. The van der Waals surface area contributed by atoms with Crippen LogP contribution >= 0.6 is 0 Å². The van der Waals surface area contributed by atoms with Crippen LogP contribution in [0.5, 0.6) is 5.75 Å². The van der Waals surface area contributed by atoms with Crippen molar-refractivity contribution in [1.82, 2.24) is 20.0 Å². The van der Waals surface area contributed by atoms with Gasteiger partial charge in [-0.15, -0.1) is 0 Å². The van der Waals surface area contributed by atoms with E-state index in [9.17, 15) is 4.79 Å². The average Bonchev–Trinajstić information content (AvgIpc) is 3.31. The summed E-state index contributed by atoms with van der Waals surface area (Å²) in [5.74, 6) is 0.991. The molecule has 0 spiro atoms. The molecule has 1 N–H and O–H groups in total. The molecular formula is C26H33N5O2. The maximum absolute atomic E-state index is 12.9. The predicted octanol–water partition coefficient (Wildman–Crippen LogP) is 3.40. The third kappa shape index (κ3) is 5.93. The molecule has 2 heterocycles. The Morgan fingerprint density at radius 1 is 1.03 bits per heavy atom. The predicted molar refractivity (Wildman–Crippen MR) is 131 cm³/mol. The number of hydrogen-bond acceptors (Lipinski definition) is 5. The molecule has 0 bridgehead atoms. The van der Waals surface area contributed by atoms with Gasteiger partial charge >= 0.3 is 0 Å². The third-order valence-electron chi connectivity index (χ3n) is 5.89. The summed E-state index contributed by atoms with van der Waals surface area (Å²) in [5.41, 5.74) is 4.20. The number of anilines is 1. The molecule has 174 valence electrons. The third-order valence-corrected chi connectivity index (χ3v) is 5.89. The van der Waals surface area contributed by atoms with E-state index in [0.717, 1.165) is 48.7 Å². The highest BCUT2D eigenvalue weighted by Crippen LogP contribution is 2.19. The van der Waals surface area contributed by atoms with Gasteiger partial charge in [0.05, 0.1) is 25.0 Å². The maximum atomic E-state index is 12.9. The van der Waals surface area contributed by atoms with Crippen LogP contribution in [0.4, 0.5) is 5.69 Å². The van der Waals surface area contributed by atoms with E-state index in [0.29, 0.717) is 26.2 Å². The summed E-state index contributed by atoms with van der Waals surface area (Å²) in [7, 11) is 0. The molecule has 7 nitrogen and oxygen atoms in total. The van der Waals surface area contributed by atoms with Gasteiger partial charge in [-0.25, -0.2) is 0 Å². The van der Waals surface area contributed by atoms with E-state index in [2.05, 4.69) is 40.6 Å². The molecule has 33 heavy (non-hydrogen) atoms. The van der Waals surface area contributed by atoms with Crippen molar-refractivity contribution in [2.45, 2.75) is 26.9 Å². The van der Waals surface area contributed by atoms with Gasteiger partial charge < -0.3 is 19.9 Å². The van der Waals surface area contributed by atoms with Gasteiger partial charge in [0.25, 0.3) is 5.91 Å². The minimum absolute atomic E-state index is 0.106. The summed E-state index contributed by atoms with van der Waals surface area (Å²) < 4.78 is 7.55. The number of benzene rings is 2. The van der Waals surface area contributed by atoms with Crippen LogP contribution in [0, 0.1) is 0 Å². The Kier molecular flexibility index (Phi) is 7.62. The molecule has 1 amide bonds. The van der Waals surface area contributed by atoms with Crippen LogP contribution in [0.2, 0.25) is 0 Å². The normalized spacial score (nSPS) is 13.9. The molecule has 0 saturated carbocycles. The Hall–Kier alpha value is -3.32. The summed E-state index contributed by atoms with van der Waals surface area (Å²) in [6.45, 7) is 10.2. The number of carbonyl (C=O) groups excluding carboxylic acids is 1. The quantitative estimate of drug-likeness (QED) is 0.545. The number of nitrogens with one attached hydrogen (secondary N) is 1. The second-order valence-corrected chi connectivity index (χ2v) is 8.23. The second-order valence-electron chi connectivity index (χ2n) is 8.23. The minimum Gasteiger partial charge on any atom is -0.494 e. The standard InChI is InChI=1S/C26H33N5O2/c1-3-27-17-21-8-10-23(11-9-21)26(32)30-14-12-29(13-15-30)24-18-28-31(20-24)19-22-6-5-7-25(16-22)33-4-2/h5-11,16,18,20,27H,3-4,12-15,17,19H2,1-2H3. The van der Waals surface area contributed by atoms with Gasteiger partial charge in [-0.2, -0.15) is 5.10 Å². The van der Waals surface area contributed by atoms with Gasteiger partial charge in [-0.3, -0.25) is 9.48 Å². The number of ether oxygens (including phenoxy) is 1. The number of carbonyl (C=O) groups is 1. The van der Waals surface area contributed by atoms with E-state index in [1.807, 2.05) is 59.1 Å². The van der Waals surface area contributed by atoms with E-state index in [-0.39, 0.29) is 5.91 Å². The summed E-state index contributed by atoms with van der Waals surface area (Å²) in [6, 6.07) is 16.1. The number of nitrogens with zero attached hydrogens (tertiary/aromatic N) is 4. The molecule has 0 atom stereocenters. The van der Waals surface area contributed by atoms with Gasteiger partial charge in [0, 0.05) is 44.5 Å². The molecule has 0 radical (unpaired) electrons. The van der Waals surface area contributed by atoms with Crippen LogP contribution in [0.25, 0.3) is 0 Å². The van der Waals surface area contributed by atoms with Crippen molar-refractivity contribution in [3.8, 4) is 5.75 Å². The molecule has 1 aliphatic rings. The lowest BCUT2D eigenvalue weighted by molar-refractivity contribution is 0.0747. The first kappa shape index (κ1) is 22.9. The lowest BCUT2D eigenvalue weighted by atomic mass is 10.1. The van der Waals surface area contributed by atoms with E-state index in [1.165, 1.54) is 5.56 Å². The monoisotopic (exact) mass is 447 g/mol. The molecule has 1 aliphatic heterocycles. The van der Waals surface area contributed by atoms with Gasteiger partial charge in [0.1, 0.15) is 5.75 Å². The highest BCUT2D eigenvalue weighted by atomic mass is 16.5. The van der Waals surface area contributed by atoms with E-state index < -0.39 is 0 Å². The highest BCUT2D eigenvalue weighted by molar-refractivity contribution is 5.94. The van der Waals surface area contributed by atoms with Crippen LogP contribution in [0.15, 0.2) is 60.9 Å². The van der Waals surface area contributed by atoms with Crippen molar-refractivity contribution < 1.29 is 9.53 Å². The van der Waals surface area contributed by atoms with Crippen molar-refractivity contribution in [1.29, 1.82) is 0 Å². The summed E-state index contributed by atoms with van der Waals surface area (Å²) >= 11 is 0. The number of hydrogen-bond donors (Lipinski definition) is 1. The largest absolute Gasteiger partial charge is 0.494 e. The Bertz CT molecular complexity index is 1040.